The second-order valence-corrected chi connectivity index (χ2v) is 8.81. The number of nitrogens with one attached hydrogen (secondary N) is 2. The van der Waals surface area contributed by atoms with Crippen LogP contribution in [0.1, 0.15) is 51.8 Å². The van der Waals surface area contributed by atoms with E-state index in [1.165, 1.54) is 10.8 Å². The van der Waals surface area contributed by atoms with Gasteiger partial charge in [0.2, 0.25) is 0 Å². The second kappa shape index (κ2) is 9.13. The highest BCUT2D eigenvalue weighted by Gasteiger charge is 2.33. The van der Waals surface area contributed by atoms with Crippen molar-refractivity contribution in [3.05, 3.63) is 32.6 Å². The summed E-state index contributed by atoms with van der Waals surface area (Å²) in [6.45, 7) is 6.54. The van der Waals surface area contributed by atoms with E-state index in [0.29, 0.717) is 23.8 Å². The standard InChI is InChI=1S/C17H29N3O6S/c1-4-11(2)12(3)14-5-6-15(26-14)20-10-13(16(21)19-17(20)22)9-18-7-8-27(23,24)25/h10-12,14-15,18H,4-9H2,1-3H3,(H,19,21,22)(H,23,24,25)/t11?,12?,14?,15-/m1/s1. The Morgan fingerprint density at radius 2 is 2.07 bits per heavy atom. The molecule has 0 amide bonds. The van der Waals surface area contributed by atoms with Gasteiger partial charge in [-0.3, -0.25) is 18.9 Å². The van der Waals surface area contributed by atoms with Crippen LogP contribution in [0.3, 0.4) is 0 Å². The SMILES string of the molecule is CCC(C)C(C)C1CC[C@H](n2cc(CNCCS(=O)(=O)O)c(=O)[nH]c2=O)O1. The Balaban J connectivity index is 2.07. The molecular formula is C17H29N3O6S. The number of ether oxygens (including phenoxy) is 1. The Hall–Kier alpha value is -1.49. The lowest BCUT2D eigenvalue weighted by molar-refractivity contribution is -0.0350. The molecule has 2 rings (SSSR count). The third kappa shape index (κ3) is 6.00. The van der Waals surface area contributed by atoms with E-state index < -0.39 is 33.3 Å². The van der Waals surface area contributed by atoms with Crippen molar-refractivity contribution in [2.24, 2.45) is 11.8 Å². The summed E-state index contributed by atoms with van der Waals surface area (Å²) in [6.07, 6.45) is 3.70. The molecule has 1 aromatic heterocycles. The largest absolute Gasteiger partial charge is 0.354 e. The molecule has 0 aromatic carbocycles. The lowest BCUT2D eigenvalue weighted by atomic mass is 9.88. The van der Waals surface area contributed by atoms with Crippen LogP contribution in [-0.4, -0.2) is 40.9 Å². The first-order valence-electron chi connectivity index (χ1n) is 9.28. The third-order valence-electron chi connectivity index (χ3n) is 5.36. The number of hydrogen-bond acceptors (Lipinski definition) is 6. The number of H-pyrrole nitrogens is 1. The first-order chi connectivity index (χ1) is 12.6. The van der Waals surface area contributed by atoms with Crippen molar-refractivity contribution in [2.75, 3.05) is 12.3 Å². The van der Waals surface area contributed by atoms with E-state index in [1.807, 2.05) is 0 Å². The van der Waals surface area contributed by atoms with Gasteiger partial charge in [-0.15, -0.1) is 0 Å². The van der Waals surface area contributed by atoms with Gasteiger partial charge in [0, 0.05) is 24.8 Å². The maximum atomic E-state index is 12.2. The van der Waals surface area contributed by atoms with Crippen LogP contribution in [0.2, 0.25) is 0 Å². The van der Waals surface area contributed by atoms with Crippen molar-refractivity contribution >= 4 is 10.1 Å². The van der Waals surface area contributed by atoms with Gasteiger partial charge in [-0.05, 0) is 24.7 Å². The van der Waals surface area contributed by atoms with Gasteiger partial charge >= 0.3 is 5.69 Å². The zero-order valence-corrected chi connectivity index (χ0v) is 16.8. The maximum absolute atomic E-state index is 12.2. The minimum atomic E-state index is -4.06. The lowest BCUT2D eigenvalue weighted by Gasteiger charge is -2.25. The van der Waals surface area contributed by atoms with Gasteiger partial charge in [0.25, 0.3) is 15.7 Å². The molecule has 154 valence electrons. The summed E-state index contributed by atoms with van der Waals surface area (Å²) in [4.78, 5) is 26.5. The Bertz CT molecular complexity index is 847. The molecule has 0 spiro atoms. The highest BCUT2D eigenvalue weighted by atomic mass is 32.2. The van der Waals surface area contributed by atoms with Crippen molar-refractivity contribution in [1.82, 2.24) is 14.9 Å². The van der Waals surface area contributed by atoms with Crippen molar-refractivity contribution in [3.63, 3.8) is 0 Å². The summed E-state index contributed by atoms with van der Waals surface area (Å²) in [5.74, 6) is 0.439. The van der Waals surface area contributed by atoms with Crippen LogP contribution in [-0.2, 0) is 21.4 Å². The first kappa shape index (κ1) is 21.8. The normalized spacial score (nSPS) is 22.7. The molecule has 9 nitrogen and oxygen atoms in total. The number of rotatable bonds is 9. The quantitative estimate of drug-likeness (QED) is 0.412. The predicted molar refractivity (Wildman–Crippen MR) is 101 cm³/mol. The third-order valence-corrected chi connectivity index (χ3v) is 6.08. The molecule has 10 heteroatoms. The van der Waals surface area contributed by atoms with Crippen LogP contribution in [0, 0.1) is 11.8 Å². The minimum Gasteiger partial charge on any atom is -0.354 e. The highest BCUT2D eigenvalue weighted by molar-refractivity contribution is 7.85. The van der Waals surface area contributed by atoms with Gasteiger partial charge in [-0.25, -0.2) is 4.79 Å². The number of aromatic amines is 1. The molecule has 0 bridgehead atoms. The monoisotopic (exact) mass is 403 g/mol. The van der Waals surface area contributed by atoms with Crippen LogP contribution < -0.4 is 16.6 Å². The van der Waals surface area contributed by atoms with E-state index in [0.717, 1.165) is 12.8 Å². The van der Waals surface area contributed by atoms with E-state index in [9.17, 15) is 18.0 Å². The molecule has 1 aliphatic rings. The van der Waals surface area contributed by atoms with E-state index in [2.05, 4.69) is 31.1 Å². The smallest absolute Gasteiger partial charge is 0.330 e. The average Bonchev–Trinajstić information content (AvgIpc) is 3.07. The van der Waals surface area contributed by atoms with Crippen LogP contribution in [0.15, 0.2) is 15.8 Å². The summed E-state index contributed by atoms with van der Waals surface area (Å²) in [5, 5.41) is 2.77. The van der Waals surface area contributed by atoms with Crippen molar-refractivity contribution in [3.8, 4) is 0 Å². The van der Waals surface area contributed by atoms with E-state index >= 15 is 0 Å². The number of hydrogen-bond donors (Lipinski definition) is 3. The van der Waals surface area contributed by atoms with Crippen molar-refractivity contribution in [2.45, 2.75) is 58.9 Å². The van der Waals surface area contributed by atoms with Crippen LogP contribution in [0.25, 0.3) is 0 Å². The van der Waals surface area contributed by atoms with Crippen molar-refractivity contribution in [1.29, 1.82) is 0 Å². The topological polar surface area (TPSA) is 130 Å². The molecule has 1 saturated heterocycles. The van der Waals surface area contributed by atoms with Crippen LogP contribution in [0.5, 0.6) is 0 Å². The summed E-state index contributed by atoms with van der Waals surface area (Å²) in [6, 6.07) is 0. The molecule has 2 heterocycles. The zero-order valence-electron chi connectivity index (χ0n) is 16.0. The van der Waals surface area contributed by atoms with Gasteiger partial charge in [0.1, 0.15) is 6.23 Å². The van der Waals surface area contributed by atoms with Gasteiger partial charge in [0.15, 0.2) is 0 Å². The highest BCUT2D eigenvalue weighted by Crippen LogP contribution is 2.34. The fraction of sp³-hybridized carbons (Fsp3) is 0.765. The van der Waals surface area contributed by atoms with E-state index in [-0.39, 0.29) is 19.2 Å². The Morgan fingerprint density at radius 3 is 2.70 bits per heavy atom. The fourth-order valence-electron chi connectivity index (χ4n) is 3.27. The first-order valence-corrected chi connectivity index (χ1v) is 10.9. The lowest BCUT2D eigenvalue weighted by Crippen LogP contribution is -2.36. The van der Waals surface area contributed by atoms with Crippen LogP contribution >= 0.6 is 0 Å². The molecule has 3 N–H and O–H groups in total. The molecule has 0 saturated carbocycles. The van der Waals surface area contributed by atoms with Gasteiger partial charge in [-0.2, -0.15) is 8.42 Å². The molecule has 1 fully saturated rings. The van der Waals surface area contributed by atoms with E-state index in [1.54, 1.807) is 0 Å². The fourth-order valence-corrected chi connectivity index (χ4v) is 3.67. The summed E-state index contributed by atoms with van der Waals surface area (Å²) in [7, 11) is -4.06. The Kier molecular flexibility index (Phi) is 7.38. The molecular weight excluding hydrogens is 374 g/mol. The summed E-state index contributed by atoms with van der Waals surface area (Å²) in [5.41, 5.74) is -0.756. The minimum absolute atomic E-state index is 0.00811. The molecule has 0 aliphatic carbocycles. The van der Waals surface area contributed by atoms with Crippen LogP contribution in [0.4, 0.5) is 0 Å². The number of nitrogens with zero attached hydrogens (tertiary/aromatic N) is 1. The summed E-state index contributed by atoms with van der Waals surface area (Å²) < 4.78 is 37.6. The average molecular weight is 404 g/mol. The van der Waals surface area contributed by atoms with Gasteiger partial charge < -0.3 is 10.1 Å². The van der Waals surface area contributed by atoms with Gasteiger partial charge in [-0.1, -0.05) is 27.2 Å². The maximum Gasteiger partial charge on any atom is 0.330 e. The summed E-state index contributed by atoms with van der Waals surface area (Å²) >= 11 is 0. The predicted octanol–water partition coefficient (Wildman–Crippen LogP) is 0.874. The Morgan fingerprint density at radius 1 is 1.37 bits per heavy atom. The molecule has 4 atom stereocenters. The zero-order chi connectivity index (χ0) is 20.2. The molecule has 3 unspecified atom stereocenters. The molecule has 27 heavy (non-hydrogen) atoms. The van der Waals surface area contributed by atoms with Gasteiger partial charge in [0.05, 0.1) is 11.9 Å². The second-order valence-electron chi connectivity index (χ2n) is 7.23. The molecule has 0 radical (unpaired) electrons. The number of aromatic nitrogens is 2. The van der Waals surface area contributed by atoms with Crippen molar-refractivity contribution < 1.29 is 17.7 Å². The molecule has 1 aromatic rings. The van der Waals surface area contributed by atoms with E-state index in [4.69, 9.17) is 9.29 Å². The Labute approximate surface area is 158 Å². The molecule has 1 aliphatic heterocycles.